The zero-order chi connectivity index (χ0) is 18.7. The largest absolute Gasteiger partial charge is 0.495 e. The molecule has 0 spiro atoms. The minimum absolute atomic E-state index is 0.282. The molecule has 134 valence electrons. The highest BCUT2D eigenvalue weighted by atomic mass is 35.5. The van der Waals surface area contributed by atoms with Crippen LogP contribution in [0, 0.1) is 6.92 Å². The lowest BCUT2D eigenvalue weighted by atomic mass is 10.1. The van der Waals surface area contributed by atoms with Crippen molar-refractivity contribution in [1.29, 1.82) is 0 Å². The first-order valence-corrected chi connectivity index (χ1v) is 8.59. The molecule has 3 rings (SSSR count). The first-order chi connectivity index (χ1) is 12.5. The molecular weight excluding hydrogens is 352 g/mol. The van der Waals surface area contributed by atoms with Crippen molar-refractivity contribution in [2.45, 2.75) is 13.8 Å². The number of rotatable bonds is 5. The fraction of sp³-hybridized carbons (Fsp3) is 0.200. The number of aryl methyl sites for hydroxylation is 1. The molecule has 1 N–H and O–H groups in total. The Morgan fingerprint density at radius 1 is 1.27 bits per heavy atom. The molecule has 1 aromatic heterocycles. The number of hydrogen-bond donors (Lipinski definition) is 1. The van der Waals surface area contributed by atoms with E-state index in [9.17, 15) is 4.79 Å². The highest BCUT2D eigenvalue weighted by Gasteiger charge is 2.18. The molecule has 0 bridgehead atoms. The van der Waals surface area contributed by atoms with Gasteiger partial charge < -0.3 is 14.8 Å². The summed E-state index contributed by atoms with van der Waals surface area (Å²) in [7, 11) is 1.58. The van der Waals surface area contributed by atoms with E-state index >= 15 is 0 Å². The molecule has 0 aliphatic carbocycles. The molecule has 0 aliphatic heterocycles. The first-order valence-electron chi connectivity index (χ1n) is 8.21. The van der Waals surface area contributed by atoms with Crippen molar-refractivity contribution < 1.29 is 14.3 Å². The lowest BCUT2D eigenvalue weighted by Gasteiger charge is -2.17. The third-order valence-electron chi connectivity index (χ3n) is 4.02. The second kappa shape index (κ2) is 7.62. The van der Waals surface area contributed by atoms with Gasteiger partial charge in [-0.3, -0.25) is 4.98 Å². The van der Waals surface area contributed by atoms with Crippen LogP contribution in [0.2, 0.25) is 5.02 Å². The minimum atomic E-state index is -0.438. The molecule has 0 saturated heterocycles. The number of halogens is 1. The van der Waals surface area contributed by atoms with Crippen molar-refractivity contribution in [1.82, 2.24) is 4.98 Å². The number of nitrogens with one attached hydrogen (secondary N) is 1. The number of pyridine rings is 1. The summed E-state index contributed by atoms with van der Waals surface area (Å²) in [6.45, 7) is 4.03. The van der Waals surface area contributed by atoms with E-state index < -0.39 is 5.97 Å². The molecule has 2 aromatic carbocycles. The number of fused-ring (bicyclic) bond motifs is 1. The summed E-state index contributed by atoms with van der Waals surface area (Å²) in [5, 5.41) is 4.67. The Labute approximate surface area is 156 Å². The predicted octanol–water partition coefficient (Wildman–Crippen LogP) is 5.13. The molecule has 26 heavy (non-hydrogen) atoms. The van der Waals surface area contributed by atoms with E-state index in [-0.39, 0.29) is 6.61 Å². The van der Waals surface area contributed by atoms with Crippen molar-refractivity contribution in [2.75, 3.05) is 19.0 Å². The minimum Gasteiger partial charge on any atom is -0.495 e. The summed E-state index contributed by atoms with van der Waals surface area (Å²) in [5.41, 5.74) is 3.44. The highest BCUT2D eigenvalue weighted by molar-refractivity contribution is 6.31. The summed E-state index contributed by atoms with van der Waals surface area (Å²) < 4.78 is 10.6. The highest BCUT2D eigenvalue weighted by Crippen LogP contribution is 2.35. The third kappa shape index (κ3) is 3.44. The summed E-state index contributed by atoms with van der Waals surface area (Å²) in [4.78, 5) is 16.9. The Bertz CT molecular complexity index is 973. The maximum Gasteiger partial charge on any atom is 0.341 e. The number of benzene rings is 2. The molecule has 3 aromatic rings. The molecular formula is C20H19ClN2O3. The van der Waals surface area contributed by atoms with Crippen molar-refractivity contribution in [3.05, 3.63) is 58.7 Å². The van der Waals surface area contributed by atoms with Gasteiger partial charge in [-0.25, -0.2) is 4.79 Å². The Morgan fingerprint density at radius 2 is 2.08 bits per heavy atom. The number of carbonyl (C=O) groups excluding carboxylic acids is 1. The van der Waals surface area contributed by atoms with E-state index in [0.717, 1.165) is 16.5 Å². The molecule has 0 atom stereocenters. The maximum absolute atomic E-state index is 12.4. The number of aromatic nitrogens is 1. The van der Waals surface area contributed by atoms with Crippen LogP contribution in [0.25, 0.3) is 10.9 Å². The number of esters is 1. The topological polar surface area (TPSA) is 60.5 Å². The van der Waals surface area contributed by atoms with E-state index in [2.05, 4.69) is 10.3 Å². The van der Waals surface area contributed by atoms with E-state index in [1.165, 1.54) is 6.20 Å². The van der Waals surface area contributed by atoms with Gasteiger partial charge in [0.2, 0.25) is 0 Å². The van der Waals surface area contributed by atoms with E-state index in [1.54, 1.807) is 32.2 Å². The van der Waals surface area contributed by atoms with Crippen LogP contribution >= 0.6 is 11.6 Å². The smallest absolute Gasteiger partial charge is 0.341 e. The summed E-state index contributed by atoms with van der Waals surface area (Å²) in [6, 6.07) is 11.1. The Hall–Kier alpha value is -2.79. The summed E-state index contributed by atoms with van der Waals surface area (Å²) >= 11 is 6.14. The number of methoxy groups -OCH3 is 1. The Balaban J connectivity index is 2.22. The number of para-hydroxylation sites is 1. The van der Waals surface area contributed by atoms with Crippen LogP contribution in [0.5, 0.6) is 5.75 Å². The van der Waals surface area contributed by atoms with Gasteiger partial charge in [-0.1, -0.05) is 29.8 Å². The van der Waals surface area contributed by atoms with Crippen molar-refractivity contribution in [2.24, 2.45) is 0 Å². The summed E-state index contributed by atoms with van der Waals surface area (Å²) in [6.07, 6.45) is 1.53. The second-order valence-electron chi connectivity index (χ2n) is 5.71. The quantitative estimate of drug-likeness (QED) is 0.631. The van der Waals surface area contributed by atoms with Crippen LogP contribution in [0.3, 0.4) is 0 Å². The van der Waals surface area contributed by atoms with Gasteiger partial charge >= 0.3 is 5.97 Å². The molecule has 6 heteroatoms. The molecule has 0 aliphatic rings. The van der Waals surface area contributed by atoms with Gasteiger partial charge in [0.25, 0.3) is 0 Å². The summed E-state index contributed by atoms with van der Waals surface area (Å²) in [5.74, 6) is 0.175. The van der Waals surface area contributed by atoms with Gasteiger partial charge in [-0.05, 0) is 37.6 Å². The van der Waals surface area contributed by atoms with Gasteiger partial charge in [-0.2, -0.15) is 0 Å². The van der Waals surface area contributed by atoms with Crippen molar-refractivity contribution in [3.63, 3.8) is 0 Å². The molecule has 0 saturated carbocycles. The average molecular weight is 371 g/mol. The molecule has 5 nitrogen and oxygen atoms in total. The van der Waals surface area contributed by atoms with Crippen molar-refractivity contribution in [3.8, 4) is 5.75 Å². The lowest BCUT2D eigenvalue weighted by Crippen LogP contribution is -2.10. The number of ether oxygens (including phenoxy) is 2. The monoisotopic (exact) mass is 370 g/mol. The van der Waals surface area contributed by atoms with E-state index in [4.69, 9.17) is 21.1 Å². The van der Waals surface area contributed by atoms with E-state index in [0.29, 0.717) is 27.7 Å². The van der Waals surface area contributed by atoms with Gasteiger partial charge in [0.1, 0.15) is 11.3 Å². The number of carbonyl (C=O) groups is 1. The average Bonchev–Trinajstić information content (AvgIpc) is 2.63. The van der Waals surface area contributed by atoms with Crippen LogP contribution in [0.4, 0.5) is 11.4 Å². The SMILES string of the molecule is CCOC(=O)c1cnc2c(C)cccc2c1Nc1cc(Cl)ccc1OC. The van der Waals surface area contributed by atoms with Crippen LogP contribution in [0.1, 0.15) is 22.8 Å². The van der Waals surface area contributed by atoms with Gasteiger partial charge in [0.15, 0.2) is 0 Å². The van der Waals surface area contributed by atoms with Crippen LogP contribution in [0.15, 0.2) is 42.6 Å². The molecule has 0 radical (unpaired) electrons. The van der Waals surface area contributed by atoms with Gasteiger partial charge in [0, 0.05) is 16.6 Å². The number of anilines is 2. The number of nitrogens with zero attached hydrogens (tertiary/aromatic N) is 1. The van der Waals surface area contributed by atoms with Crippen LogP contribution in [-0.2, 0) is 4.74 Å². The van der Waals surface area contributed by atoms with Crippen LogP contribution in [-0.4, -0.2) is 24.7 Å². The van der Waals surface area contributed by atoms with Crippen LogP contribution < -0.4 is 10.1 Å². The number of hydrogen-bond acceptors (Lipinski definition) is 5. The molecule has 0 unspecified atom stereocenters. The molecule has 0 amide bonds. The standard InChI is InChI=1S/C20H19ClN2O3/c1-4-26-20(24)15-11-22-18-12(2)6-5-7-14(18)19(15)23-16-10-13(21)8-9-17(16)25-3/h5-11H,4H2,1-3H3,(H,22,23). The van der Waals surface area contributed by atoms with Gasteiger partial charge in [-0.15, -0.1) is 0 Å². The molecule has 0 fully saturated rings. The fourth-order valence-electron chi connectivity index (χ4n) is 2.78. The zero-order valence-electron chi connectivity index (χ0n) is 14.8. The fourth-order valence-corrected chi connectivity index (χ4v) is 2.95. The first kappa shape index (κ1) is 18.0. The Morgan fingerprint density at radius 3 is 2.81 bits per heavy atom. The van der Waals surface area contributed by atoms with E-state index in [1.807, 2.05) is 25.1 Å². The lowest BCUT2D eigenvalue weighted by molar-refractivity contribution is 0.0527. The molecule has 1 heterocycles. The maximum atomic E-state index is 12.4. The third-order valence-corrected chi connectivity index (χ3v) is 4.25. The predicted molar refractivity (Wildman–Crippen MR) is 104 cm³/mol. The second-order valence-corrected chi connectivity index (χ2v) is 6.14. The van der Waals surface area contributed by atoms with Gasteiger partial charge in [0.05, 0.1) is 30.6 Å². The van der Waals surface area contributed by atoms with Crippen molar-refractivity contribution >= 4 is 39.8 Å². The zero-order valence-corrected chi connectivity index (χ0v) is 15.6. The Kier molecular flexibility index (Phi) is 5.28. The normalized spacial score (nSPS) is 10.6.